The molecule has 0 saturated heterocycles. The van der Waals surface area contributed by atoms with E-state index < -0.39 is 51.6 Å². The molecule has 9 nitrogen and oxygen atoms in total. The lowest BCUT2D eigenvalue weighted by Gasteiger charge is -2.63. The molecule has 1 N–H and O–H groups in total. The highest BCUT2D eigenvalue weighted by molar-refractivity contribution is 7.96. The Morgan fingerprint density at radius 3 is 2.18 bits per heavy atom. The number of carbonyl (C=O) groups is 2. The van der Waals surface area contributed by atoms with E-state index >= 15 is 0 Å². The molecule has 38 heavy (non-hydrogen) atoms. The molecule has 0 aliphatic heterocycles. The summed E-state index contributed by atoms with van der Waals surface area (Å²) in [6, 6.07) is 0. The van der Waals surface area contributed by atoms with Gasteiger partial charge in [-0.2, -0.15) is 13.1 Å². The number of aliphatic hydroxyl groups is 1. The zero-order chi connectivity index (χ0) is 27.0. The molecule has 0 radical (unpaired) electrons. The third-order valence-electron chi connectivity index (χ3n) is 10.5. The number of hydrogen-bond acceptors (Lipinski definition) is 10. The third kappa shape index (κ3) is 4.56. The molecule has 8 rings (SSSR count). The number of rotatable bonds is 10. The molecular weight excluding hydrogens is 526 g/mol. The van der Waals surface area contributed by atoms with E-state index in [1.54, 1.807) is 0 Å². The zero-order valence-corrected chi connectivity index (χ0v) is 22.3. The van der Waals surface area contributed by atoms with Crippen LogP contribution >= 0.6 is 12.0 Å². The van der Waals surface area contributed by atoms with Crippen LogP contribution in [0.25, 0.3) is 0 Å². The van der Waals surface area contributed by atoms with Gasteiger partial charge in [0.25, 0.3) is 0 Å². The monoisotopic (exact) mass is 561 g/mol. The molecule has 0 aromatic heterocycles. The summed E-state index contributed by atoms with van der Waals surface area (Å²) in [6.07, 6.45) is 8.11. The molecule has 8 aliphatic carbocycles. The molecule has 8 saturated carbocycles. The van der Waals surface area contributed by atoms with E-state index in [1.807, 2.05) is 0 Å². The average Bonchev–Trinajstić information content (AvgIpc) is 2.81. The Hall–Kier alpha value is -1.05. The number of hydrogen-bond donors (Lipinski definition) is 1. The van der Waals surface area contributed by atoms with Crippen LogP contribution in [0.2, 0.25) is 0 Å². The van der Waals surface area contributed by atoms with Crippen molar-refractivity contribution in [3.63, 3.8) is 0 Å². The Morgan fingerprint density at radius 2 is 1.58 bits per heavy atom. The average molecular weight is 562 g/mol. The predicted octanol–water partition coefficient (Wildman–Crippen LogP) is 3.37. The lowest BCUT2D eigenvalue weighted by molar-refractivity contribution is -0.777. The van der Waals surface area contributed by atoms with E-state index in [9.17, 15) is 28.7 Å². The van der Waals surface area contributed by atoms with Crippen LogP contribution in [-0.2, 0) is 33.2 Å². The Labute approximate surface area is 224 Å². The first kappa shape index (κ1) is 27.1. The van der Waals surface area contributed by atoms with Crippen molar-refractivity contribution in [2.45, 2.75) is 112 Å². The van der Waals surface area contributed by atoms with Crippen molar-refractivity contribution >= 4 is 24.0 Å². The smallest absolute Gasteiger partial charge is 0.415 e. The minimum Gasteiger partial charge on any atom is -0.691 e. The van der Waals surface area contributed by atoms with E-state index in [4.69, 9.17) is 14.2 Å². The SMILES string of the molecule is CCC1(OC(=O)COC23CC4CC(O)(C2)CC(OC(=O)C(F)(F)SOO[O-])(C4)C3)C2CC3CC(C2)CC1C3. The van der Waals surface area contributed by atoms with Crippen molar-refractivity contribution in [3.8, 4) is 0 Å². The molecule has 12 heteroatoms. The first-order valence-corrected chi connectivity index (χ1v) is 14.5. The molecule has 0 spiro atoms. The molecule has 8 bridgehead atoms. The van der Waals surface area contributed by atoms with Gasteiger partial charge in [0.15, 0.2) is 0 Å². The second-order valence-corrected chi connectivity index (χ2v) is 13.9. The normalized spacial score (nSPS) is 46.4. The van der Waals surface area contributed by atoms with Crippen LogP contribution in [0.3, 0.4) is 0 Å². The summed E-state index contributed by atoms with van der Waals surface area (Å²) in [5, 5.41) is 20.0. The Kier molecular flexibility index (Phi) is 6.60. The first-order valence-electron chi connectivity index (χ1n) is 13.8. The fraction of sp³-hybridized carbons (Fsp3) is 0.923. The van der Waals surface area contributed by atoms with Crippen molar-refractivity contribution in [2.24, 2.45) is 29.6 Å². The van der Waals surface area contributed by atoms with Gasteiger partial charge in [-0.25, -0.2) is 9.59 Å². The minimum atomic E-state index is -4.18. The summed E-state index contributed by atoms with van der Waals surface area (Å²) in [6.45, 7) is 1.78. The van der Waals surface area contributed by atoms with Gasteiger partial charge >= 0.3 is 17.2 Å². The summed E-state index contributed by atoms with van der Waals surface area (Å²) in [4.78, 5) is 25.5. The molecule has 8 fully saturated rings. The molecular formula is C26H35F2O9S-. The van der Waals surface area contributed by atoms with Crippen LogP contribution in [0.4, 0.5) is 8.78 Å². The van der Waals surface area contributed by atoms with Gasteiger partial charge in [-0.15, -0.1) is 0 Å². The topological polar surface area (TPSA) is 124 Å². The van der Waals surface area contributed by atoms with Gasteiger partial charge < -0.3 is 24.6 Å². The largest absolute Gasteiger partial charge is 0.691 e. The summed E-state index contributed by atoms with van der Waals surface area (Å²) < 4.78 is 49.7. The Morgan fingerprint density at radius 1 is 0.947 bits per heavy atom. The van der Waals surface area contributed by atoms with Gasteiger partial charge in [-0.05, 0) is 87.4 Å². The number of ether oxygens (including phenoxy) is 3. The maximum Gasteiger partial charge on any atom is 0.415 e. The molecule has 0 aromatic carbocycles. The number of carbonyl (C=O) groups excluding carboxylic acids is 2. The predicted molar refractivity (Wildman–Crippen MR) is 125 cm³/mol. The van der Waals surface area contributed by atoms with Gasteiger partial charge in [0.05, 0.1) is 11.2 Å². The van der Waals surface area contributed by atoms with Crippen molar-refractivity contribution in [1.82, 2.24) is 0 Å². The van der Waals surface area contributed by atoms with Crippen LogP contribution in [0, 0.1) is 29.6 Å². The summed E-state index contributed by atoms with van der Waals surface area (Å²) >= 11 is -0.742. The number of alkyl halides is 2. The van der Waals surface area contributed by atoms with Crippen molar-refractivity contribution in [3.05, 3.63) is 0 Å². The molecule has 4 unspecified atom stereocenters. The number of esters is 2. The van der Waals surface area contributed by atoms with Crippen LogP contribution < -0.4 is 5.26 Å². The molecule has 0 amide bonds. The van der Waals surface area contributed by atoms with E-state index in [1.165, 1.54) is 6.42 Å². The number of halogens is 2. The third-order valence-corrected chi connectivity index (χ3v) is 11.0. The van der Waals surface area contributed by atoms with E-state index in [0.29, 0.717) is 31.1 Å². The molecule has 214 valence electrons. The fourth-order valence-corrected chi connectivity index (χ4v) is 10.3. The standard InChI is InChI=1S/C26H36F2O9S/c1-2-25(18-4-15-3-16(6-18)7-19(25)5-15)34-20(29)11-33-23-9-17-8-22(31,12-23)13-24(10-17,14-23)35-21(30)26(27,28)38-37-36-32/h15-19,31-32H,2-14H2,1H3/p-1. The summed E-state index contributed by atoms with van der Waals surface area (Å²) in [5.41, 5.74) is -4.08. The van der Waals surface area contributed by atoms with Crippen molar-refractivity contribution in [1.29, 1.82) is 0 Å². The van der Waals surface area contributed by atoms with Gasteiger partial charge in [0.2, 0.25) is 0 Å². The van der Waals surface area contributed by atoms with Crippen molar-refractivity contribution in [2.75, 3.05) is 6.61 Å². The van der Waals surface area contributed by atoms with Gasteiger partial charge in [0.1, 0.15) is 29.9 Å². The maximum absolute atomic E-state index is 14.1. The van der Waals surface area contributed by atoms with Crippen LogP contribution in [-0.4, -0.2) is 51.3 Å². The van der Waals surface area contributed by atoms with E-state index in [2.05, 4.69) is 16.3 Å². The van der Waals surface area contributed by atoms with Crippen molar-refractivity contribution < 1.29 is 52.3 Å². The zero-order valence-electron chi connectivity index (χ0n) is 21.5. The van der Waals surface area contributed by atoms with Crippen LogP contribution in [0.5, 0.6) is 0 Å². The Balaban J connectivity index is 1.14. The molecule has 8 aliphatic rings. The summed E-state index contributed by atoms with van der Waals surface area (Å²) in [5.74, 6) is -0.198. The highest BCUT2D eigenvalue weighted by Crippen LogP contribution is 2.63. The lowest BCUT2D eigenvalue weighted by atomic mass is 9.49. The minimum absolute atomic E-state index is 0.00208. The lowest BCUT2D eigenvalue weighted by Crippen LogP contribution is -2.68. The summed E-state index contributed by atoms with van der Waals surface area (Å²) in [7, 11) is 0. The first-order chi connectivity index (χ1) is 17.9. The maximum atomic E-state index is 14.1. The fourth-order valence-electron chi connectivity index (χ4n) is 10.1. The highest BCUT2D eigenvalue weighted by Gasteiger charge is 2.67. The highest BCUT2D eigenvalue weighted by atomic mass is 32.2. The van der Waals surface area contributed by atoms with E-state index in [0.717, 1.165) is 43.9 Å². The molecule has 0 heterocycles. The molecule has 0 aromatic rings. The van der Waals surface area contributed by atoms with Crippen LogP contribution in [0.1, 0.15) is 84.0 Å². The van der Waals surface area contributed by atoms with Gasteiger partial charge in [-0.3, -0.25) is 5.04 Å². The van der Waals surface area contributed by atoms with E-state index in [-0.39, 0.29) is 31.8 Å². The van der Waals surface area contributed by atoms with Gasteiger partial charge in [0, 0.05) is 19.3 Å². The molecule has 4 atom stereocenters. The van der Waals surface area contributed by atoms with Gasteiger partial charge in [-0.1, -0.05) is 6.92 Å². The quantitative estimate of drug-likeness (QED) is 0.184. The van der Waals surface area contributed by atoms with Crippen LogP contribution in [0.15, 0.2) is 0 Å². The second-order valence-electron chi connectivity index (χ2n) is 13.1. The second kappa shape index (κ2) is 9.24. The Bertz CT molecular complexity index is 952.